The Balaban J connectivity index is 2.26. The molecule has 0 saturated carbocycles. The average molecular weight is 327 g/mol. The molecule has 1 unspecified atom stereocenters. The van der Waals surface area contributed by atoms with Crippen molar-refractivity contribution in [2.45, 2.75) is 38.5 Å². The van der Waals surface area contributed by atoms with E-state index in [4.69, 9.17) is 15.2 Å². The summed E-state index contributed by atoms with van der Waals surface area (Å²) in [6.07, 6.45) is 0.825. The highest BCUT2D eigenvalue weighted by molar-refractivity contribution is 5.42. The van der Waals surface area contributed by atoms with Crippen molar-refractivity contribution in [3.63, 3.8) is 0 Å². The smallest absolute Gasteiger partial charge is 0.122 e. The second kappa shape index (κ2) is 7.71. The highest BCUT2D eigenvalue weighted by Gasteiger charge is 2.17. The molecule has 24 heavy (non-hydrogen) atoms. The summed E-state index contributed by atoms with van der Waals surface area (Å²) >= 11 is 0. The van der Waals surface area contributed by atoms with Crippen LogP contribution in [0, 0.1) is 0 Å². The van der Waals surface area contributed by atoms with E-state index in [1.807, 2.05) is 18.2 Å². The Kier molecular flexibility index (Phi) is 5.89. The Morgan fingerprint density at radius 3 is 2.12 bits per heavy atom. The molecule has 3 heteroatoms. The normalized spacial score (nSPS) is 12.8. The molecule has 1 atom stereocenters. The van der Waals surface area contributed by atoms with Gasteiger partial charge in [-0.15, -0.1) is 0 Å². The van der Waals surface area contributed by atoms with Crippen LogP contribution >= 0.6 is 0 Å². The number of ether oxygens (including phenoxy) is 2. The summed E-state index contributed by atoms with van der Waals surface area (Å²) in [5.74, 6) is 1.96. The fourth-order valence-electron chi connectivity index (χ4n) is 2.90. The minimum Gasteiger partial charge on any atom is -0.497 e. The average Bonchev–Trinajstić information content (AvgIpc) is 2.58. The van der Waals surface area contributed by atoms with E-state index in [-0.39, 0.29) is 11.3 Å². The maximum atomic E-state index is 6.07. The monoisotopic (exact) mass is 327 g/mol. The van der Waals surface area contributed by atoms with Gasteiger partial charge in [-0.1, -0.05) is 45.0 Å². The molecule has 2 N–H and O–H groups in total. The third-order valence-electron chi connectivity index (χ3n) is 4.49. The molecule has 0 heterocycles. The zero-order chi connectivity index (χ0) is 17.7. The molecule has 0 bridgehead atoms. The van der Waals surface area contributed by atoms with Crippen LogP contribution in [0.3, 0.4) is 0 Å². The minimum absolute atomic E-state index is 0.159. The van der Waals surface area contributed by atoms with Crippen molar-refractivity contribution in [1.29, 1.82) is 0 Å². The summed E-state index contributed by atoms with van der Waals surface area (Å²) in [6.45, 7) is 7.27. The Morgan fingerprint density at radius 2 is 1.62 bits per heavy atom. The van der Waals surface area contributed by atoms with Crippen LogP contribution in [0.15, 0.2) is 42.5 Å². The minimum atomic E-state index is 0.159. The molecule has 3 nitrogen and oxygen atoms in total. The first-order valence-electron chi connectivity index (χ1n) is 8.40. The van der Waals surface area contributed by atoms with E-state index in [0.29, 0.717) is 6.54 Å². The van der Waals surface area contributed by atoms with Crippen LogP contribution in [0.5, 0.6) is 11.5 Å². The maximum Gasteiger partial charge on any atom is 0.122 e. The third kappa shape index (κ3) is 4.30. The summed E-state index contributed by atoms with van der Waals surface area (Å²) in [5.41, 5.74) is 9.94. The Hall–Kier alpha value is -2.00. The van der Waals surface area contributed by atoms with Crippen LogP contribution in [-0.4, -0.2) is 20.8 Å². The van der Waals surface area contributed by atoms with Gasteiger partial charge in [-0.2, -0.15) is 0 Å². The Labute approximate surface area is 145 Å². The highest BCUT2D eigenvalue weighted by Crippen LogP contribution is 2.30. The van der Waals surface area contributed by atoms with Crippen molar-refractivity contribution >= 4 is 0 Å². The van der Waals surface area contributed by atoms with Gasteiger partial charge >= 0.3 is 0 Å². The molecule has 2 rings (SSSR count). The molecule has 0 aromatic heterocycles. The van der Waals surface area contributed by atoms with Crippen LogP contribution in [0.4, 0.5) is 0 Å². The second-order valence-corrected chi connectivity index (χ2v) is 7.19. The SMILES string of the molecule is COc1ccc(OC)c(CC(CN)c2ccc(C(C)(C)C)cc2)c1. The fourth-order valence-corrected chi connectivity index (χ4v) is 2.90. The van der Waals surface area contributed by atoms with Gasteiger partial charge in [0.25, 0.3) is 0 Å². The van der Waals surface area contributed by atoms with E-state index < -0.39 is 0 Å². The molecule has 130 valence electrons. The van der Waals surface area contributed by atoms with Crippen molar-refractivity contribution in [1.82, 2.24) is 0 Å². The number of nitrogens with two attached hydrogens (primary N) is 1. The quantitative estimate of drug-likeness (QED) is 0.861. The molecule has 0 amide bonds. The standard InChI is InChI=1S/C21H29NO2/c1-21(2,3)18-8-6-15(7-9-18)17(14-22)12-16-13-19(23-4)10-11-20(16)24-5/h6-11,13,17H,12,14,22H2,1-5H3. The molecule has 0 saturated heterocycles. The van der Waals surface area contributed by atoms with Gasteiger partial charge in [-0.25, -0.2) is 0 Å². The second-order valence-electron chi connectivity index (χ2n) is 7.19. The summed E-state index contributed by atoms with van der Waals surface area (Å²) < 4.78 is 10.8. The van der Waals surface area contributed by atoms with Crippen molar-refractivity contribution in [3.8, 4) is 11.5 Å². The molecule has 2 aromatic rings. The highest BCUT2D eigenvalue weighted by atomic mass is 16.5. The molecule has 2 aromatic carbocycles. The first-order chi connectivity index (χ1) is 11.4. The van der Waals surface area contributed by atoms with E-state index in [2.05, 4.69) is 45.0 Å². The molecule has 0 aliphatic rings. The van der Waals surface area contributed by atoms with E-state index in [1.54, 1.807) is 14.2 Å². The number of methoxy groups -OCH3 is 2. The van der Waals surface area contributed by atoms with Crippen molar-refractivity contribution in [2.75, 3.05) is 20.8 Å². The lowest BCUT2D eigenvalue weighted by Gasteiger charge is -2.22. The molecule has 0 spiro atoms. The third-order valence-corrected chi connectivity index (χ3v) is 4.49. The topological polar surface area (TPSA) is 44.5 Å². The summed E-state index contributed by atoms with van der Waals surface area (Å²) in [4.78, 5) is 0. The molecular weight excluding hydrogens is 298 g/mol. The Bertz CT molecular complexity index is 657. The molecule has 0 fully saturated rings. The van der Waals surface area contributed by atoms with Gasteiger partial charge < -0.3 is 15.2 Å². The van der Waals surface area contributed by atoms with Crippen molar-refractivity contribution < 1.29 is 9.47 Å². The molecule has 0 aliphatic carbocycles. The zero-order valence-corrected chi connectivity index (χ0v) is 15.4. The zero-order valence-electron chi connectivity index (χ0n) is 15.4. The number of hydrogen-bond acceptors (Lipinski definition) is 3. The molecule has 0 radical (unpaired) electrons. The molecule has 0 aliphatic heterocycles. The van der Waals surface area contributed by atoms with Gasteiger partial charge in [-0.3, -0.25) is 0 Å². The number of rotatable bonds is 6. The van der Waals surface area contributed by atoms with Crippen LogP contribution < -0.4 is 15.2 Å². The van der Waals surface area contributed by atoms with Crippen molar-refractivity contribution in [3.05, 3.63) is 59.2 Å². The fraction of sp³-hybridized carbons (Fsp3) is 0.429. The van der Waals surface area contributed by atoms with Crippen LogP contribution in [0.1, 0.15) is 43.4 Å². The van der Waals surface area contributed by atoms with Gasteiger partial charge in [-0.05, 0) is 53.3 Å². The van der Waals surface area contributed by atoms with Crippen LogP contribution in [-0.2, 0) is 11.8 Å². The first-order valence-corrected chi connectivity index (χ1v) is 8.40. The predicted molar refractivity (Wildman–Crippen MR) is 100 cm³/mol. The first kappa shape index (κ1) is 18.3. The van der Waals surface area contributed by atoms with E-state index >= 15 is 0 Å². The summed E-state index contributed by atoms with van der Waals surface area (Å²) in [6, 6.07) is 14.7. The summed E-state index contributed by atoms with van der Waals surface area (Å²) in [5, 5.41) is 0. The van der Waals surface area contributed by atoms with Gasteiger partial charge in [0, 0.05) is 5.92 Å². The van der Waals surface area contributed by atoms with Gasteiger partial charge in [0.15, 0.2) is 0 Å². The van der Waals surface area contributed by atoms with Gasteiger partial charge in [0.2, 0.25) is 0 Å². The van der Waals surface area contributed by atoms with Crippen LogP contribution in [0.2, 0.25) is 0 Å². The lowest BCUT2D eigenvalue weighted by atomic mass is 9.84. The summed E-state index contributed by atoms with van der Waals surface area (Å²) in [7, 11) is 3.37. The van der Waals surface area contributed by atoms with E-state index in [0.717, 1.165) is 23.5 Å². The lowest BCUT2D eigenvalue weighted by molar-refractivity contribution is 0.397. The Morgan fingerprint density at radius 1 is 0.958 bits per heavy atom. The largest absolute Gasteiger partial charge is 0.497 e. The lowest BCUT2D eigenvalue weighted by Crippen LogP contribution is -2.16. The predicted octanol–water partition coefficient (Wildman–Crippen LogP) is 4.29. The number of hydrogen-bond donors (Lipinski definition) is 1. The van der Waals surface area contributed by atoms with Gasteiger partial charge in [0.05, 0.1) is 14.2 Å². The number of benzene rings is 2. The van der Waals surface area contributed by atoms with E-state index in [1.165, 1.54) is 11.1 Å². The molecular formula is C21H29NO2. The van der Waals surface area contributed by atoms with Gasteiger partial charge in [0.1, 0.15) is 11.5 Å². The van der Waals surface area contributed by atoms with E-state index in [9.17, 15) is 0 Å². The van der Waals surface area contributed by atoms with Crippen LogP contribution in [0.25, 0.3) is 0 Å². The maximum absolute atomic E-state index is 6.07. The van der Waals surface area contributed by atoms with Crippen molar-refractivity contribution in [2.24, 2.45) is 5.73 Å².